The van der Waals surface area contributed by atoms with Gasteiger partial charge in [0.05, 0.1) is 16.4 Å². The van der Waals surface area contributed by atoms with Gasteiger partial charge < -0.3 is 5.32 Å². The number of aromatic nitrogens is 3. The average Bonchev–Trinajstić information content (AvgIpc) is 3.50. The minimum atomic E-state index is -3.38. The van der Waals surface area contributed by atoms with Crippen LogP contribution in [-0.4, -0.2) is 34.5 Å². The summed E-state index contributed by atoms with van der Waals surface area (Å²) in [6.07, 6.45) is 6.28. The van der Waals surface area contributed by atoms with Crippen molar-refractivity contribution >= 4 is 38.1 Å². The van der Waals surface area contributed by atoms with Crippen molar-refractivity contribution in [1.82, 2.24) is 15.0 Å². The fourth-order valence-electron chi connectivity index (χ4n) is 2.79. The maximum absolute atomic E-state index is 12.9. The molecule has 0 spiro atoms. The number of nitrogens with one attached hydrogen (secondary N) is 2. The molecule has 1 aromatic carbocycles. The summed E-state index contributed by atoms with van der Waals surface area (Å²) in [5.74, 6) is -0.236. The van der Waals surface area contributed by atoms with Crippen LogP contribution in [0.4, 0.5) is 10.8 Å². The van der Waals surface area contributed by atoms with Crippen molar-refractivity contribution < 1.29 is 13.2 Å². The number of benzene rings is 1. The third-order valence-corrected chi connectivity index (χ3v) is 7.66. The number of anilines is 2. The second-order valence-corrected chi connectivity index (χ2v) is 10.5. The summed E-state index contributed by atoms with van der Waals surface area (Å²) >= 11 is 1.18. The zero-order valence-corrected chi connectivity index (χ0v) is 18.1. The first kappa shape index (κ1) is 20.4. The van der Waals surface area contributed by atoms with E-state index < -0.39 is 15.4 Å². The van der Waals surface area contributed by atoms with Crippen molar-refractivity contribution in [3.8, 4) is 11.1 Å². The largest absolute Gasteiger partial charge is 0.325 e. The van der Waals surface area contributed by atoms with E-state index in [1.165, 1.54) is 17.7 Å². The van der Waals surface area contributed by atoms with E-state index in [1.807, 2.05) is 24.3 Å². The Morgan fingerprint density at radius 2 is 1.77 bits per heavy atom. The van der Waals surface area contributed by atoms with Crippen LogP contribution in [0, 0.1) is 0 Å². The first-order valence-corrected chi connectivity index (χ1v) is 11.8. The van der Waals surface area contributed by atoms with Crippen LogP contribution in [0.15, 0.2) is 48.4 Å². The Bertz CT molecular complexity index is 1150. The van der Waals surface area contributed by atoms with Gasteiger partial charge in [0, 0.05) is 29.0 Å². The van der Waals surface area contributed by atoms with Gasteiger partial charge in [-0.2, -0.15) is 0 Å². The topological polar surface area (TPSA) is 114 Å². The Kier molecular flexibility index (Phi) is 5.29. The van der Waals surface area contributed by atoms with Crippen LogP contribution in [-0.2, 0) is 20.2 Å². The van der Waals surface area contributed by atoms with E-state index in [-0.39, 0.29) is 16.3 Å². The molecular formula is C20H21N5O3S2. The van der Waals surface area contributed by atoms with Crippen LogP contribution in [0.1, 0.15) is 32.4 Å². The van der Waals surface area contributed by atoms with Crippen molar-refractivity contribution in [3.63, 3.8) is 0 Å². The van der Waals surface area contributed by atoms with Gasteiger partial charge in [-0.15, -0.1) is 11.3 Å². The molecule has 2 N–H and O–H groups in total. The highest BCUT2D eigenvalue weighted by Gasteiger charge is 2.37. The second-order valence-electron chi connectivity index (χ2n) is 7.67. The summed E-state index contributed by atoms with van der Waals surface area (Å²) in [5, 5.41) is 4.57. The van der Waals surface area contributed by atoms with Crippen molar-refractivity contribution in [2.24, 2.45) is 0 Å². The summed E-state index contributed by atoms with van der Waals surface area (Å²) in [6.45, 7) is 3.51. The number of sulfonamides is 1. The Morgan fingerprint density at radius 3 is 2.40 bits per heavy atom. The van der Waals surface area contributed by atoms with Crippen LogP contribution in [0.3, 0.4) is 0 Å². The van der Waals surface area contributed by atoms with Crippen molar-refractivity contribution in [2.75, 3.05) is 10.0 Å². The lowest BCUT2D eigenvalue weighted by molar-refractivity contribution is -0.120. The lowest BCUT2D eigenvalue weighted by Gasteiger charge is -2.21. The lowest BCUT2D eigenvalue weighted by atomic mass is 9.89. The molecule has 4 rings (SSSR count). The highest BCUT2D eigenvalue weighted by Crippen LogP contribution is 2.33. The molecule has 8 nitrogen and oxygen atoms in total. The molecule has 10 heteroatoms. The number of amides is 1. The van der Waals surface area contributed by atoms with Gasteiger partial charge in [0.15, 0.2) is 5.13 Å². The minimum absolute atomic E-state index is 0.236. The molecular weight excluding hydrogens is 422 g/mol. The molecule has 0 radical (unpaired) electrons. The van der Waals surface area contributed by atoms with Crippen molar-refractivity contribution in [2.45, 2.75) is 37.4 Å². The molecule has 1 aliphatic carbocycles. The van der Waals surface area contributed by atoms with E-state index >= 15 is 0 Å². The van der Waals surface area contributed by atoms with Crippen molar-refractivity contribution in [1.29, 1.82) is 0 Å². The van der Waals surface area contributed by atoms with Crippen LogP contribution >= 0.6 is 11.3 Å². The van der Waals surface area contributed by atoms with Gasteiger partial charge >= 0.3 is 0 Å². The Morgan fingerprint density at radius 1 is 1.10 bits per heavy atom. The van der Waals surface area contributed by atoms with Gasteiger partial charge in [0.1, 0.15) is 6.33 Å². The molecule has 30 heavy (non-hydrogen) atoms. The van der Waals surface area contributed by atoms with Gasteiger partial charge in [-0.3, -0.25) is 9.52 Å². The molecule has 0 saturated heterocycles. The average molecular weight is 444 g/mol. The third-order valence-electron chi connectivity index (χ3n) is 4.94. The van der Waals surface area contributed by atoms with E-state index in [0.29, 0.717) is 24.2 Å². The van der Waals surface area contributed by atoms with Gasteiger partial charge in [0.25, 0.3) is 0 Å². The first-order valence-electron chi connectivity index (χ1n) is 9.40. The number of thiazole rings is 1. The number of rotatable bonds is 7. The quantitative estimate of drug-likeness (QED) is 0.578. The molecule has 3 aromatic rings. The lowest BCUT2D eigenvalue weighted by Crippen LogP contribution is -2.35. The van der Waals surface area contributed by atoms with Crippen molar-refractivity contribution in [3.05, 3.63) is 54.1 Å². The fraction of sp³-hybridized carbons (Fsp3) is 0.300. The number of carbonyl (C=O) groups is 1. The van der Waals surface area contributed by atoms with Gasteiger partial charge in [-0.05, 0) is 44.4 Å². The SMILES string of the molecule is CC(C)(C(=O)Nc1ccc(-c2cncnc2)cc1)c1csc(NS(=O)(=O)C2CC2)n1. The molecule has 0 bridgehead atoms. The molecule has 156 valence electrons. The van der Waals surface area contributed by atoms with E-state index in [9.17, 15) is 13.2 Å². The molecule has 0 unspecified atom stereocenters. The number of hydrogen-bond acceptors (Lipinski definition) is 7. The summed E-state index contributed by atoms with van der Waals surface area (Å²) in [7, 11) is -3.38. The fourth-order valence-corrected chi connectivity index (χ4v) is 5.26. The molecule has 2 heterocycles. The number of hydrogen-bond donors (Lipinski definition) is 2. The summed E-state index contributed by atoms with van der Waals surface area (Å²) in [6, 6.07) is 7.39. The summed E-state index contributed by atoms with van der Waals surface area (Å²) in [5.41, 5.74) is 2.06. The molecule has 2 aromatic heterocycles. The van der Waals surface area contributed by atoms with E-state index in [2.05, 4.69) is 25.0 Å². The van der Waals surface area contributed by atoms with Crippen LogP contribution in [0.25, 0.3) is 11.1 Å². The highest BCUT2D eigenvalue weighted by molar-refractivity contribution is 7.93. The third kappa shape index (κ3) is 4.34. The second kappa shape index (κ2) is 7.77. The van der Waals surface area contributed by atoms with Gasteiger partial charge in [-0.25, -0.2) is 23.4 Å². The van der Waals surface area contributed by atoms with E-state index in [0.717, 1.165) is 11.1 Å². The molecule has 1 aliphatic rings. The molecule has 1 amide bonds. The predicted molar refractivity (Wildman–Crippen MR) is 117 cm³/mol. The minimum Gasteiger partial charge on any atom is -0.325 e. The maximum Gasteiger partial charge on any atom is 0.237 e. The maximum atomic E-state index is 12.9. The molecule has 0 aliphatic heterocycles. The van der Waals surface area contributed by atoms with E-state index in [1.54, 1.807) is 31.6 Å². The predicted octanol–water partition coefficient (Wildman–Crippen LogP) is 3.42. The Labute approximate surface area is 178 Å². The number of nitrogens with zero attached hydrogens (tertiary/aromatic N) is 3. The molecule has 1 fully saturated rings. The number of carbonyl (C=O) groups excluding carboxylic acids is 1. The molecule has 1 saturated carbocycles. The normalized spacial score (nSPS) is 14.3. The summed E-state index contributed by atoms with van der Waals surface area (Å²) in [4.78, 5) is 25.3. The monoisotopic (exact) mass is 443 g/mol. The van der Waals surface area contributed by atoms with E-state index in [4.69, 9.17) is 0 Å². The van der Waals surface area contributed by atoms with Gasteiger partial charge in [-0.1, -0.05) is 12.1 Å². The summed E-state index contributed by atoms with van der Waals surface area (Å²) < 4.78 is 26.7. The van der Waals surface area contributed by atoms with Crippen LogP contribution in [0.5, 0.6) is 0 Å². The standard InChI is InChI=1S/C20H21N5O3S2/c1-20(2,17-11-29-19(24-17)25-30(27,28)16-7-8-16)18(26)23-15-5-3-13(4-6-15)14-9-21-12-22-10-14/h3-6,9-12,16H,7-8H2,1-2H3,(H,23,26)(H,24,25). The Balaban J connectivity index is 1.45. The Hall–Kier alpha value is -2.85. The van der Waals surface area contributed by atoms with Gasteiger partial charge in [0.2, 0.25) is 15.9 Å². The smallest absolute Gasteiger partial charge is 0.237 e. The highest BCUT2D eigenvalue weighted by atomic mass is 32.2. The van der Waals surface area contributed by atoms with Crippen LogP contribution in [0.2, 0.25) is 0 Å². The zero-order valence-electron chi connectivity index (χ0n) is 16.5. The first-order chi connectivity index (χ1) is 14.3. The molecule has 0 atom stereocenters. The zero-order chi connectivity index (χ0) is 21.4. The van der Waals surface area contributed by atoms with Crippen LogP contribution < -0.4 is 10.0 Å².